The maximum Gasteiger partial charge on any atom is 0.153 e. The normalized spacial score (nSPS) is 7.00. The number of allylic oxidation sites excluding steroid dienone is 2. The van der Waals surface area contributed by atoms with Gasteiger partial charge in [0.15, 0.2) is 12.6 Å². The number of hydrogen-bond donors (Lipinski definition) is 0. The van der Waals surface area contributed by atoms with Crippen molar-refractivity contribution in [2.45, 2.75) is 0 Å². The molecule has 42 valence electrons. The molecule has 0 amide bonds. The summed E-state index contributed by atoms with van der Waals surface area (Å²) in [6.45, 7) is 0. The van der Waals surface area contributed by atoms with Crippen LogP contribution < -0.4 is 0 Å². The van der Waals surface area contributed by atoms with Gasteiger partial charge in [0.05, 0.1) is 5.57 Å². The number of aldehydes is 3. The van der Waals surface area contributed by atoms with Gasteiger partial charge in [-0.2, -0.15) is 0 Å². The van der Waals surface area contributed by atoms with Gasteiger partial charge < -0.3 is 0 Å². The van der Waals surface area contributed by atoms with Gasteiger partial charge in [0.1, 0.15) is 6.29 Å². The van der Waals surface area contributed by atoms with Crippen molar-refractivity contribution in [2.75, 3.05) is 0 Å². The molecule has 0 fully saturated rings. The van der Waals surface area contributed by atoms with Crippen LogP contribution in [0.15, 0.2) is 11.6 Å². The molecule has 0 atom stereocenters. The number of hydrogen-bond acceptors (Lipinski definition) is 3. The van der Waals surface area contributed by atoms with E-state index in [4.69, 9.17) is 0 Å². The lowest BCUT2D eigenvalue weighted by atomic mass is 10.3. The molecule has 0 rings (SSSR count). The zero-order valence-corrected chi connectivity index (χ0v) is 4.03. The highest BCUT2D eigenvalue weighted by Gasteiger charge is 1.85. The zero-order chi connectivity index (χ0) is 6.41. The van der Waals surface area contributed by atoms with E-state index < -0.39 is 0 Å². The minimum absolute atomic E-state index is 0.139. The first-order chi connectivity index (χ1) is 3.85. The van der Waals surface area contributed by atoms with Crippen LogP contribution in [0.2, 0.25) is 0 Å². The van der Waals surface area contributed by atoms with Crippen molar-refractivity contribution in [1.82, 2.24) is 0 Å². The quantitative estimate of drug-likeness (QED) is 0.214. The highest BCUT2D eigenvalue weighted by molar-refractivity contribution is 6.02. The van der Waals surface area contributed by atoms with E-state index in [1.54, 1.807) is 0 Å². The fraction of sp³-hybridized carbons (Fsp3) is 0. The van der Waals surface area contributed by atoms with E-state index in [-0.39, 0.29) is 5.57 Å². The summed E-state index contributed by atoms with van der Waals surface area (Å²) in [5, 5.41) is 0. The zero-order valence-electron chi connectivity index (χ0n) is 4.03. The van der Waals surface area contributed by atoms with Gasteiger partial charge in [-0.25, -0.2) is 0 Å². The summed E-state index contributed by atoms with van der Waals surface area (Å²) >= 11 is 0. The molecular formula is C5H4O3. The first-order valence-corrected chi connectivity index (χ1v) is 1.91. The first-order valence-electron chi connectivity index (χ1n) is 1.91. The second kappa shape index (κ2) is 3.92. The molecule has 0 spiro atoms. The Hall–Kier alpha value is -1.25. The second-order valence-electron chi connectivity index (χ2n) is 1.04. The topological polar surface area (TPSA) is 51.2 Å². The predicted molar refractivity (Wildman–Crippen MR) is 26.3 cm³/mol. The summed E-state index contributed by atoms with van der Waals surface area (Å²) in [6.07, 6.45) is 1.93. The van der Waals surface area contributed by atoms with Crippen LogP contribution >= 0.6 is 0 Å². The minimum atomic E-state index is -0.139. The van der Waals surface area contributed by atoms with Crippen LogP contribution in [0.3, 0.4) is 0 Å². The van der Waals surface area contributed by atoms with Crippen molar-refractivity contribution in [1.29, 1.82) is 0 Å². The van der Waals surface area contributed by atoms with Gasteiger partial charge in [-0.05, 0) is 6.08 Å². The van der Waals surface area contributed by atoms with Crippen LogP contribution in [0.1, 0.15) is 0 Å². The highest BCUT2D eigenvalue weighted by atomic mass is 16.1. The molecule has 0 aliphatic heterocycles. The van der Waals surface area contributed by atoms with Crippen LogP contribution in [0.25, 0.3) is 0 Å². The van der Waals surface area contributed by atoms with E-state index in [1.807, 2.05) is 0 Å². The summed E-state index contributed by atoms with van der Waals surface area (Å²) in [6, 6.07) is 0. The fourth-order valence-corrected chi connectivity index (χ4v) is 0.185. The van der Waals surface area contributed by atoms with Crippen LogP contribution in [-0.2, 0) is 14.4 Å². The first kappa shape index (κ1) is 6.75. The van der Waals surface area contributed by atoms with Gasteiger partial charge in [-0.15, -0.1) is 0 Å². The van der Waals surface area contributed by atoms with E-state index in [0.717, 1.165) is 6.08 Å². The third kappa shape index (κ3) is 2.02. The highest BCUT2D eigenvalue weighted by Crippen LogP contribution is 1.76. The summed E-state index contributed by atoms with van der Waals surface area (Å²) in [5.41, 5.74) is -0.139. The van der Waals surface area contributed by atoms with E-state index in [1.165, 1.54) is 0 Å². The average Bonchev–Trinajstić information content (AvgIpc) is 1.83. The molecule has 3 heteroatoms. The Kier molecular flexibility index (Phi) is 3.31. The number of rotatable bonds is 3. The van der Waals surface area contributed by atoms with Crippen LogP contribution in [0.4, 0.5) is 0 Å². The molecule has 8 heavy (non-hydrogen) atoms. The van der Waals surface area contributed by atoms with Gasteiger partial charge in [-0.3, -0.25) is 14.4 Å². The second-order valence-corrected chi connectivity index (χ2v) is 1.04. The molecule has 0 aliphatic carbocycles. The lowest BCUT2D eigenvalue weighted by molar-refractivity contribution is -0.110. The summed E-state index contributed by atoms with van der Waals surface area (Å²) < 4.78 is 0. The van der Waals surface area contributed by atoms with E-state index in [2.05, 4.69) is 0 Å². The monoisotopic (exact) mass is 112 g/mol. The Morgan fingerprint density at radius 2 is 1.50 bits per heavy atom. The van der Waals surface area contributed by atoms with Crippen LogP contribution in [0.5, 0.6) is 0 Å². The summed E-state index contributed by atoms with van der Waals surface area (Å²) in [5.74, 6) is 0. The van der Waals surface area contributed by atoms with E-state index in [9.17, 15) is 14.4 Å². The van der Waals surface area contributed by atoms with Crippen molar-refractivity contribution < 1.29 is 14.4 Å². The van der Waals surface area contributed by atoms with Gasteiger partial charge >= 0.3 is 0 Å². The van der Waals surface area contributed by atoms with E-state index in [0.29, 0.717) is 18.9 Å². The van der Waals surface area contributed by atoms with Crippen molar-refractivity contribution in [3.63, 3.8) is 0 Å². The third-order valence-electron chi connectivity index (χ3n) is 0.533. The Bertz CT molecular complexity index is 125. The van der Waals surface area contributed by atoms with Crippen LogP contribution in [-0.4, -0.2) is 18.9 Å². The van der Waals surface area contributed by atoms with Gasteiger partial charge in [0.25, 0.3) is 0 Å². The molecule has 0 bridgehead atoms. The van der Waals surface area contributed by atoms with Gasteiger partial charge in [-0.1, -0.05) is 0 Å². The Morgan fingerprint density at radius 1 is 1.00 bits per heavy atom. The largest absolute Gasteiger partial charge is 0.299 e. The molecule has 0 unspecified atom stereocenters. The molecule has 3 nitrogen and oxygen atoms in total. The fourth-order valence-electron chi connectivity index (χ4n) is 0.185. The molecule has 0 aromatic heterocycles. The number of carbonyl (C=O) groups is 3. The SMILES string of the molecule is O=CC=C(C=O)C=O. The molecule has 0 aromatic carbocycles. The van der Waals surface area contributed by atoms with Gasteiger partial charge in [0, 0.05) is 0 Å². The molecule has 0 aromatic rings. The van der Waals surface area contributed by atoms with Crippen molar-refractivity contribution >= 4 is 18.9 Å². The molecule has 0 saturated carbocycles. The molecule has 0 saturated heterocycles. The standard InChI is InChI=1S/C5H4O3/c6-2-1-5(3-7)4-8/h1-4H. The predicted octanol–water partition coefficient (Wildman–Crippen LogP) is -0.491. The Balaban J connectivity index is 4.05. The lowest BCUT2D eigenvalue weighted by Gasteiger charge is -1.72. The summed E-state index contributed by atoms with van der Waals surface area (Å²) in [7, 11) is 0. The maximum atomic E-state index is 9.67. The van der Waals surface area contributed by atoms with Crippen molar-refractivity contribution in [3.05, 3.63) is 11.6 Å². The number of carbonyl (C=O) groups excluding carboxylic acids is 3. The smallest absolute Gasteiger partial charge is 0.153 e. The van der Waals surface area contributed by atoms with Crippen LogP contribution in [0, 0.1) is 0 Å². The van der Waals surface area contributed by atoms with Crippen molar-refractivity contribution in [2.24, 2.45) is 0 Å². The average molecular weight is 112 g/mol. The third-order valence-corrected chi connectivity index (χ3v) is 0.533. The minimum Gasteiger partial charge on any atom is -0.299 e. The maximum absolute atomic E-state index is 9.67. The van der Waals surface area contributed by atoms with Crippen molar-refractivity contribution in [3.8, 4) is 0 Å². The molecule has 0 N–H and O–H groups in total. The molecule has 0 aliphatic rings. The lowest BCUT2D eigenvalue weighted by Crippen LogP contribution is -1.84. The molecule has 0 radical (unpaired) electrons. The van der Waals surface area contributed by atoms with E-state index >= 15 is 0 Å². The molecule has 0 heterocycles. The Morgan fingerprint density at radius 3 is 1.62 bits per heavy atom. The molecular weight excluding hydrogens is 108 g/mol. The van der Waals surface area contributed by atoms with Gasteiger partial charge in [0.2, 0.25) is 0 Å². The Labute approximate surface area is 46.0 Å². The summed E-state index contributed by atoms with van der Waals surface area (Å²) in [4.78, 5) is 28.9.